The Hall–Kier alpha value is -2.41. The van der Waals surface area contributed by atoms with Gasteiger partial charge in [0.2, 0.25) is 0 Å². The molecular weight excluding hydrogens is 380 g/mol. The largest absolute Gasteiger partial charge is 0.389 e. The van der Waals surface area contributed by atoms with E-state index in [4.69, 9.17) is 16.3 Å². The maximum atomic E-state index is 12.7. The molecule has 0 saturated carbocycles. The minimum Gasteiger partial charge on any atom is -0.389 e. The average Bonchev–Trinajstić information content (AvgIpc) is 2.88. The molecule has 0 unspecified atom stereocenters. The molecule has 0 spiro atoms. The number of ether oxygens (including phenoxy) is 1. The van der Waals surface area contributed by atoms with E-state index in [0.717, 1.165) is 16.0 Å². The highest BCUT2D eigenvalue weighted by Gasteiger charge is 2.43. The molecule has 0 aromatic heterocycles. The van der Waals surface area contributed by atoms with E-state index >= 15 is 0 Å². The first-order valence-corrected chi connectivity index (χ1v) is 9.46. The van der Waals surface area contributed by atoms with Crippen LogP contribution in [0.5, 0.6) is 0 Å². The molecule has 7 heteroatoms. The number of benzene rings is 2. The van der Waals surface area contributed by atoms with Crippen LogP contribution in [-0.2, 0) is 16.1 Å². The second-order valence-electron chi connectivity index (χ2n) is 6.87. The van der Waals surface area contributed by atoms with Crippen molar-refractivity contribution in [3.63, 3.8) is 0 Å². The molecule has 28 heavy (non-hydrogen) atoms. The summed E-state index contributed by atoms with van der Waals surface area (Å²) in [4.78, 5) is 27.8. The lowest BCUT2D eigenvalue weighted by atomic mass is 10.2. The van der Waals surface area contributed by atoms with E-state index in [1.165, 1.54) is 4.90 Å². The third-order valence-corrected chi connectivity index (χ3v) is 5.05. The van der Waals surface area contributed by atoms with Crippen molar-refractivity contribution in [2.75, 3.05) is 18.1 Å². The number of rotatable bonds is 7. The summed E-state index contributed by atoms with van der Waals surface area (Å²) in [6, 6.07) is 13.6. The number of urea groups is 1. The van der Waals surface area contributed by atoms with Gasteiger partial charge in [-0.3, -0.25) is 14.6 Å². The number of halogens is 1. The smallest absolute Gasteiger partial charge is 0.332 e. The number of hydrogen-bond acceptors (Lipinski definition) is 4. The summed E-state index contributed by atoms with van der Waals surface area (Å²) in [5.74, 6) is -0.337. The monoisotopic (exact) mass is 402 g/mol. The van der Waals surface area contributed by atoms with Crippen LogP contribution >= 0.6 is 11.6 Å². The van der Waals surface area contributed by atoms with Crippen LogP contribution in [0, 0.1) is 6.92 Å². The Morgan fingerprint density at radius 2 is 1.82 bits per heavy atom. The Labute approximate surface area is 169 Å². The van der Waals surface area contributed by atoms with Gasteiger partial charge < -0.3 is 9.84 Å². The minimum atomic E-state index is -0.986. The lowest BCUT2D eigenvalue weighted by Crippen LogP contribution is -2.40. The minimum absolute atomic E-state index is 0.0127. The molecule has 1 N–H and O–H groups in total. The maximum Gasteiger partial charge on any atom is 0.332 e. The molecule has 6 nitrogen and oxygen atoms in total. The first-order chi connectivity index (χ1) is 13.4. The fourth-order valence-corrected chi connectivity index (χ4v) is 3.31. The molecule has 0 aliphatic carbocycles. The van der Waals surface area contributed by atoms with Crippen LogP contribution in [0.4, 0.5) is 10.5 Å². The number of aliphatic hydroxyl groups excluding tert-OH is 1. The van der Waals surface area contributed by atoms with Crippen molar-refractivity contribution in [3.05, 3.63) is 64.7 Å². The molecule has 1 aliphatic heterocycles. The van der Waals surface area contributed by atoms with Crippen molar-refractivity contribution in [2.45, 2.75) is 32.6 Å². The van der Waals surface area contributed by atoms with Crippen molar-refractivity contribution in [1.29, 1.82) is 0 Å². The van der Waals surface area contributed by atoms with E-state index in [1.807, 2.05) is 49.4 Å². The summed E-state index contributed by atoms with van der Waals surface area (Å²) in [5.41, 5.74) is 2.53. The molecule has 1 aliphatic rings. The van der Waals surface area contributed by atoms with Gasteiger partial charge >= 0.3 is 6.03 Å². The highest BCUT2D eigenvalue weighted by Crippen LogP contribution is 2.26. The van der Waals surface area contributed by atoms with E-state index in [9.17, 15) is 14.7 Å². The third-order valence-electron chi connectivity index (χ3n) is 4.68. The van der Waals surface area contributed by atoms with Crippen LogP contribution in [0.3, 0.4) is 0 Å². The van der Waals surface area contributed by atoms with Crippen LogP contribution in [0.15, 0.2) is 48.5 Å². The zero-order chi connectivity index (χ0) is 20.3. The van der Waals surface area contributed by atoms with Gasteiger partial charge in [0, 0.05) is 10.7 Å². The second-order valence-corrected chi connectivity index (χ2v) is 7.28. The van der Waals surface area contributed by atoms with Gasteiger partial charge in [-0.15, -0.1) is 0 Å². The van der Waals surface area contributed by atoms with Crippen molar-refractivity contribution >= 4 is 29.2 Å². The van der Waals surface area contributed by atoms with Crippen molar-refractivity contribution in [1.82, 2.24) is 4.90 Å². The third kappa shape index (κ3) is 4.35. The molecule has 3 amide bonds. The summed E-state index contributed by atoms with van der Waals surface area (Å²) >= 11 is 6.07. The summed E-state index contributed by atoms with van der Waals surface area (Å²) in [6.07, 6.45) is -0.986. The van der Waals surface area contributed by atoms with E-state index in [0.29, 0.717) is 10.7 Å². The number of anilines is 1. The Kier molecular flexibility index (Phi) is 6.34. The van der Waals surface area contributed by atoms with Crippen LogP contribution in [0.1, 0.15) is 18.1 Å². The molecule has 0 radical (unpaired) electrons. The van der Waals surface area contributed by atoms with Crippen LogP contribution < -0.4 is 4.90 Å². The van der Waals surface area contributed by atoms with Crippen molar-refractivity contribution < 1.29 is 19.4 Å². The average molecular weight is 403 g/mol. The number of β-amino-alcohol motifs (C(OH)–C–C–N with tert-alkyl or cyclic N) is 1. The predicted octanol–water partition coefficient (Wildman–Crippen LogP) is 3.38. The Morgan fingerprint density at radius 1 is 1.14 bits per heavy atom. The lowest BCUT2D eigenvalue weighted by molar-refractivity contribution is -0.128. The summed E-state index contributed by atoms with van der Waals surface area (Å²) in [5, 5.41) is 10.8. The standard InChI is InChI=1S/C21H23ClN2O4/c1-14-7-9-17(10-8-14)24-15(2)20(26)23(21(24)27)11-18(25)13-28-12-16-5-3-4-6-19(16)22/h3-10,15,18,25H,11-13H2,1-2H3/t15-,18-/m1/s1. The first-order valence-electron chi connectivity index (χ1n) is 9.09. The molecule has 2 aromatic carbocycles. The Bertz CT molecular complexity index is 856. The van der Waals surface area contributed by atoms with Gasteiger partial charge in [0.25, 0.3) is 5.91 Å². The first kappa shape index (κ1) is 20.3. The Morgan fingerprint density at radius 3 is 2.50 bits per heavy atom. The predicted molar refractivity (Wildman–Crippen MR) is 107 cm³/mol. The van der Waals surface area contributed by atoms with E-state index < -0.39 is 18.2 Å². The molecular formula is C21H23ClN2O4. The number of amides is 3. The quantitative estimate of drug-likeness (QED) is 0.721. The number of nitrogens with zero attached hydrogens (tertiary/aromatic N) is 2. The molecule has 1 saturated heterocycles. The maximum absolute atomic E-state index is 12.7. The van der Waals surface area contributed by atoms with Gasteiger partial charge in [-0.1, -0.05) is 47.5 Å². The number of aryl methyl sites for hydroxylation is 1. The van der Waals surface area contributed by atoms with Crippen molar-refractivity contribution in [2.24, 2.45) is 0 Å². The molecule has 1 fully saturated rings. The fourth-order valence-electron chi connectivity index (χ4n) is 3.12. The highest BCUT2D eigenvalue weighted by atomic mass is 35.5. The zero-order valence-electron chi connectivity index (χ0n) is 15.8. The Balaban J connectivity index is 1.58. The number of imide groups is 1. The molecule has 1 heterocycles. The zero-order valence-corrected chi connectivity index (χ0v) is 16.6. The van der Waals surface area contributed by atoms with Crippen LogP contribution in [-0.4, -0.2) is 47.2 Å². The fraction of sp³-hybridized carbons (Fsp3) is 0.333. The van der Waals surface area contributed by atoms with Crippen LogP contribution in [0.2, 0.25) is 5.02 Å². The summed E-state index contributed by atoms with van der Waals surface area (Å²) < 4.78 is 5.50. The SMILES string of the molecule is Cc1ccc(N2C(=O)N(C[C@@H](O)COCc3ccccc3Cl)C(=O)[C@H]2C)cc1. The topological polar surface area (TPSA) is 70.1 Å². The summed E-state index contributed by atoms with van der Waals surface area (Å²) in [6.45, 7) is 3.74. The molecule has 3 rings (SSSR count). The summed E-state index contributed by atoms with van der Waals surface area (Å²) in [7, 11) is 0. The van der Waals surface area contributed by atoms with E-state index in [-0.39, 0.29) is 25.7 Å². The van der Waals surface area contributed by atoms with E-state index in [2.05, 4.69) is 0 Å². The molecule has 2 atom stereocenters. The van der Waals surface area contributed by atoms with Gasteiger partial charge in [-0.2, -0.15) is 0 Å². The molecule has 2 aromatic rings. The van der Waals surface area contributed by atoms with Crippen molar-refractivity contribution in [3.8, 4) is 0 Å². The highest BCUT2D eigenvalue weighted by molar-refractivity contribution is 6.31. The van der Waals surface area contributed by atoms with Gasteiger partial charge in [-0.25, -0.2) is 4.79 Å². The molecule has 0 bridgehead atoms. The van der Waals surface area contributed by atoms with Gasteiger partial charge in [0.05, 0.1) is 25.9 Å². The number of hydrogen-bond donors (Lipinski definition) is 1. The van der Waals surface area contributed by atoms with Gasteiger partial charge in [-0.05, 0) is 37.6 Å². The van der Waals surface area contributed by atoms with Gasteiger partial charge in [0.15, 0.2) is 0 Å². The van der Waals surface area contributed by atoms with E-state index in [1.54, 1.807) is 13.0 Å². The number of aliphatic hydroxyl groups is 1. The van der Waals surface area contributed by atoms with Gasteiger partial charge in [0.1, 0.15) is 6.04 Å². The lowest BCUT2D eigenvalue weighted by Gasteiger charge is -2.21. The van der Waals surface area contributed by atoms with Crippen LogP contribution in [0.25, 0.3) is 0 Å². The molecule has 148 valence electrons. The number of carbonyl (C=O) groups excluding carboxylic acids is 2. The second kappa shape index (κ2) is 8.73. The normalized spacial score (nSPS) is 18.1. The number of carbonyl (C=O) groups is 2.